The van der Waals surface area contributed by atoms with E-state index in [1.165, 1.54) is 0 Å². The van der Waals surface area contributed by atoms with Crippen molar-refractivity contribution < 1.29 is 4.79 Å². The van der Waals surface area contributed by atoms with Crippen molar-refractivity contribution in [1.29, 1.82) is 5.26 Å². The van der Waals surface area contributed by atoms with Crippen LogP contribution in [-0.4, -0.2) is 15.8 Å². The highest BCUT2D eigenvalue weighted by Gasteiger charge is 2.14. The van der Waals surface area contributed by atoms with Crippen molar-refractivity contribution >= 4 is 6.29 Å². The molecule has 84 valence electrons. The number of nitriles is 1. The van der Waals surface area contributed by atoms with Gasteiger partial charge in [0.2, 0.25) is 0 Å². The monoisotopic (exact) mass is 225 g/mol. The van der Waals surface area contributed by atoms with Crippen LogP contribution in [0.4, 0.5) is 0 Å². The predicted molar refractivity (Wildman–Crippen MR) is 63.0 cm³/mol. The summed E-state index contributed by atoms with van der Waals surface area (Å²) in [5.74, 6) is 0. The number of nitrogens with zero attached hydrogens (tertiary/aromatic N) is 3. The van der Waals surface area contributed by atoms with Gasteiger partial charge in [0.15, 0.2) is 6.29 Å². The van der Waals surface area contributed by atoms with Gasteiger partial charge in [-0.25, -0.2) is 0 Å². The van der Waals surface area contributed by atoms with E-state index in [-0.39, 0.29) is 0 Å². The summed E-state index contributed by atoms with van der Waals surface area (Å²) < 4.78 is 1.77. The second kappa shape index (κ2) is 4.62. The number of aromatic nitrogens is 2. The number of carbonyl (C=O) groups is 1. The quantitative estimate of drug-likeness (QED) is 0.752. The molecule has 0 N–H and O–H groups in total. The summed E-state index contributed by atoms with van der Waals surface area (Å²) in [6, 6.07) is 7.37. The lowest BCUT2D eigenvalue weighted by molar-refractivity contribution is 0.112. The van der Waals surface area contributed by atoms with E-state index in [0.717, 1.165) is 17.7 Å². The number of aldehydes is 1. The van der Waals surface area contributed by atoms with Gasteiger partial charge in [-0.1, -0.05) is 6.92 Å². The molecule has 0 aliphatic heterocycles. The summed E-state index contributed by atoms with van der Waals surface area (Å²) in [5.41, 5.74) is 2.66. The van der Waals surface area contributed by atoms with Crippen LogP contribution in [-0.2, 0) is 6.42 Å². The van der Waals surface area contributed by atoms with Crippen molar-refractivity contribution in [3.8, 4) is 11.8 Å². The molecule has 2 rings (SSSR count). The Morgan fingerprint density at radius 1 is 1.59 bits per heavy atom. The average molecular weight is 225 g/mol. The first-order valence-corrected chi connectivity index (χ1v) is 5.32. The number of carbonyl (C=O) groups excluding carboxylic acids is 1. The molecule has 0 fully saturated rings. The van der Waals surface area contributed by atoms with E-state index >= 15 is 0 Å². The Morgan fingerprint density at radius 3 is 2.94 bits per heavy atom. The number of hydrogen-bond acceptors (Lipinski definition) is 3. The van der Waals surface area contributed by atoms with Crippen LogP contribution >= 0.6 is 0 Å². The maximum absolute atomic E-state index is 11.0. The third kappa shape index (κ3) is 1.83. The van der Waals surface area contributed by atoms with E-state index in [1.807, 2.05) is 13.0 Å². The topological polar surface area (TPSA) is 58.7 Å². The van der Waals surface area contributed by atoms with Gasteiger partial charge in [0.05, 0.1) is 11.9 Å². The molecular weight excluding hydrogens is 214 g/mol. The molecule has 0 saturated carbocycles. The van der Waals surface area contributed by atoms with Crippen LogP contribution in [0.1, 0.15) is 28.7 Å². The van der Waals surface area contributed by atoms with Gasteiger partial charge < -0.3 is 4.57 Å². The third-order valence-corrected chi connectivity index (χ3v) is 2.62. The molecule has 0 amide bonds. The first-order chi connectivity index (χ1) is 8.31. The summed E-state index contributed by atoms with van der Waals surface area (Å²) in [7, 11) is 0. The zero-order valence-corrected chi connectivity index (χ0v) is 9.42. The van der Waals surface area contributed by atoms with E-state index in [9.17, 15) is 4.79 Å². The normalized spacial score (nSPS) is 9.88. The fraction of sp³-hybridized carbons (Fsp3) is 0.154. The first-order valence-electron chi connectivity index (χ1n) is 5.32. The fourth-order valence-corrected chi connectivity index (χ4v) is 1.90. The lowest BCUT2D eigenvalue weighted by atomic mass is 10.2. The van der Waals surface area contributed by atoms with Crippen LogP contribution in [0.15, 0.2) is 30.6 Å². The van der Waals surface area contributed by atoms with Crippen molar-refractivity contribution in [2.75, 3.05) is 0 Å². The van der Waals surface area contributed by atoms with Gasteiger partial charge in [-0.2, -0.15) is 5.26 Å². The molecule has 0 unspecified atom stereocenters. The van der Waals surface area contributed by atoms with E-state index in [1.54, 1.807) is 29.1 Å². The summed E-state index contributed by atoms with van der Waals surface area (Å²) in [6.45, 7) is 1.95. The van der Waals surface area contributed by atoms with E-state index in [4.69, 9.17) is 5.26 Å². The van der Waals surface area contributed by atoms with Crippen LogP contribution in [0, 0.1) is 11.3 Å². The molecule has 0 aromatic carbocycles. The molecule has 0 atom stereocenters. The average Bonchev–Trinajstić information content (AvgIpc) is 2.77. The largest absolute Gasteiger partial charge is 0.303 e. The molecular formula is C13H11N3O. The minimum atomic E-state index is 0.456. The Morgan fingerprint density at radius 2 is 2.41 bits per heavy atom. The molecule has 0 aliphatic carbocycles. The molecule has 17 heavy (non-hydrogen) atoms. The zero-order valence-electron chi connectivity index (χ0n) is 9.42. The van der Waals surface area contributed by atoms with Crippen molar-refractivity contribution in [2.24, 2.45) is 0 Å². The van der Waals surface area contributed by atoms with Crippen LogP contribution in [0.5, 0.6) is 0 Å². The Balaban J connectivity index is 2.72. The van der Waals surface area contributed by atoms with Gasteiger partial charge in [-0.15, -0.1) is 0 Å². The highest BCUT2D eigenvalue weighted by Crippen LogP contribution is 2.20. The molecule has 0 aliphatic rings. The smallest absolute Gasteiger partial charge is 0.151 e. The van der Waals surface area contributed by atoms with Gasteiger partial charge in [0, 0.05) is 17.5 Å². The fourth-order valence-electron chi connectivity index (χ4n) is 1.90. The molecule has 2 aromatic heterocycles. The summed E-state index contributed by atoms with van der Waals surface area (Å²) in [4.78, 5) is 15.0. The number of hydrogen-bond donors (Lipinski definition) is 0. The molecule has 0 bridgehead atoms. The summed E-state index contributed by atoms with van der Waals surface area (Å²) in [6.07, 6.45) is 4.82. The van der Waals surface area contributed by atoms with Crippen molar-refractivity contribution in [2.45, 2.75) is 13.3 Å². The first kappa shape index (κ1) is 11.1. The molecule has 2 heterocycles. The van der Waals surface area contributed by atoms with Gasteiger partial charge >= 0.3 is 0 Å². The Bertz CT molecular complexity index is 579. The number of rotatable bonds is 3. The Hall–Kier alpha value is -2.41. The maximum atomic E-state index is 11.0. The van der Waals surface area contributed by atoms with Gasteiger partial charge in [0.1, 0.15) is 11.8 Å². The lowest BCUT2D eigenvalue weighted by Crippen LogP contribution is -2.03. The predicted octanol–water partition coefficient (Wildman–Crippen LogP) is 2.12. The second-order valence-electron chi connectivity index (χ2n) is 3.56. The van der Waals surface area contributed by atoms with E-state index < -0.39 is 0 Å². The Labute approximate surface area is 99.1 Å². The van der Waals surface area contributed by atoms with Crippen LogP contribution in [0.25, 0.3) is 5.69 Å². The van der Waals surface area contributed by atoms with Crippen LogP contribution in [0.2, 0.25) is 0 Å². The molecule has 4 heteroatoms. The van der Waals surface area contributed by atoms with Gasteiger partial charge in [0.25, 0.3) is 0 Å². The third-order valence-electron chi connectivity index (χ3n) is 2.62. The lowest BCUT2D eigenvalue weighted by Gasteiger charge is -2.08. The molecule has 0 radical (unpaired) electrons. The standard InChI is InChI=1S/C13H11N3O/c1-2-13-10(9-17)6-12(7-14)16(13)11-4-3-5-15-8-11/h3-6,8-9H,2H2,1H3. The molecule has 0 saturated heterocycles. The minimum absolute atomic E-state index is 0.456. The maximum Gasteiger partial charge on any atom is 0.151 e. The molecule has 2 aromatic rings. The van der Waals surface area contributed by atoms with E-state index in [2.05, 4.69) is 11.1 Å². The highest BCUT2D eigenvalue weighted by atomic mass is 16.1. The Kier molecular flexibility index (Phi) is 3.01. The zero-order chi connectivity index (χ0) is 12.3. The number of pyridine rings is 1. The summed E-state index contributed by atoms with van der Waals surface area (Å²) in [5, 5.41) is 9.10. The van der Waals surface area contributed by atoms with E-state index in [0.29, 0.717) is 17.7 Å². The van der Waals surface area contributed by atoms with Crippen molar-refractivity contribution in [1.82, 2.24) is 9.55 Å². The van der Waals surface area contributed by atoms with Gasteiger partial charge in [-0.3, -0.25) is 9.78 Å². The molecule has 4 nitrogen and oxygen atoms in total. The molecule has 0 spiro atoms. The van der Waals surface area contributed by atoms with Crippen LogP contribution in [0.3, 0.4) is 0 Å². The van der Waals surface area contributed by atoms with Gasteiger partial charge in [-0.05, 0) is 24.6 Å². The SMILES string of the molecule is CCc1c(C=O)cc(C#N)n1-c1cccnc1. The highest BCUT2D eigenvalue weighted by molar-refractivity contribution is 5.78. The van der Waals surface area contributed by atoms with Crippen molar-refractivity contribution in [3.05, 3.63) is 47.5 Å². The minimum Gasteiger partial charge on any atom is -0.303 e. The van der Waals surface area contributed by atoms with Crippen LogP contribution < -0.4 is 0 Å². The second-order valence-corrected chi connectivity index (χ2v) is 3.56. The van der Waals surface area contributed by atoms with Crippen molar-refractivity contribution in [3.63, 3.8) is 0 Å². The summed E-state index contributed by atoms with van der Waals surface area (Å²) >= 11 is 0.